The van der Waals surface area contributed by atoms with Gasteiger partial charge in [0.2, 0.25) is 10.0 Å². The molecule has 2 aliphatic rings. The number of ether oxygens (including phenoxy) is 1. The predicted molar refractivity (Wildman–Crippen MR) is 79.1 cm³/mol. The third-order valence-corrected chi connectivity index (χ3v) is 5.24. The number of anilines is 1. The van der Waals surface area contributed by atoms with Crippen LogP contribution in [0.3, 0.4) is 0 Å². The molecule has 22 heavy (non-hydrogen) atoms. The van der Waals surface area contributed by atoms with Gasteiger partial charge in [0.05, 0.1) is 30.9 Å². The van der Waals surface area contributed by atoms with E-state index in [-0.39, 0.29) is 5.92 Å². The van der Waals surface area contributed by atoms with Gasteiger partial charge in [-0.25, -0.2) is 22.5 Å². The minimum Gasteiger partial charge on any atom is -0.447 e. The number of hydrogen-bond acceptors (Lipinski definition) is 6. The number of cyclic esters (lactones) is 1. The van der Waals surface area contributed by atoms with Gasteiger partial charge in [-0.1, -0.05) is 0 Å². The SMILES string of the molecule is CS(=O)(=O)N1CCC[C@H](c2cnc(N3CCOC3=O)cn2)C1. The first-order valence-electron chi connectivity index (χ1n) is 7.16. The topological polar surface area (TPSA) is 92.7 Å². The van der Waals surface area contributed by atoms with E-state index in [0.29, 0.717) is 32.1 Å². The van der Waals surface area contributed by atoms with Crippen molar-refractivity contribution in [3.8, 4) is 0 Å². The van der Waals surface area contributed by atoms with Crippen molar-refractivity contribution in [3.05, 3.63) is 18.1 Å². The minimum atomic E-state index is -3.18. The van der Waals surface area contributed by atoms with Crippen LogP contribution in [0.2, 0.25) is 0 Å². The molecule has 0 radical (unpaired) electrons. The summed E-state index contributed by atoms with van der Waals surface area (Å²) in [6, 6.07) is 0. The smallest absolute Gasteiger partial charge is 0.415 e. The number of carbonyl (C=O) groups is 1. The highest BCUT2D eigenvalue weighted by Crippen LogP contribution is 2.27. The summed E-state index contributed by atoms with van der Waals surface area (Å²) in [5.41, 5.74) is 0.754. The van der Waals surface area contributed by atoms with Crippen LogP contribution in [0, 0.1) is 0 Å². The summed E-state index contributed by atoms with van der Waals surface area (Å²) in [5, 5.41) is 0. The second-order valence-corrected chi connectivity index (χ2v) is 7.51. The van der Waals surface area contributed by atoms with Crippen molar-refractivity contribution < 1.29 is 17.9 Å². The monoisotopic (exact) mass is 326 g/mol. The summed E-state index contributed by atoms with van der Waals surface area (Å²) in [6.07, 6.45) is 5.66. The highest BCUT2D eigenvalue weighted by atomic mass is 32.2. The molecule has 120 valence electrons. The van der Waals surface area contributed by atoms with E-state index in [1.54, 1.807) is 12.4 Å². The van der Waals surface area contributed by atoms with E-state index in [1.165, 1.54) is 15.5 Å². The van der Waals surface area contributed by atoms with E-state index in [0.717, 1.165) is 18.5 Å². The lowest BCUT2D eigenvalue weighted by molar-refractivity contribution is 0.181. The molecule has 0 N–H and O–H groups in total. The van der Waals surface area contributed by atoms with Crippen molar-refractivity contribution in [2.24, 2.45) is 0 Å². The minimum absolute atomic E-state index is 0.0376. The molecule has 0 bridgehead atoms. The highest BCUT2D eigenvalue weighted by molar-refractivity contribution is 7.88. The summed E-state index contributed by atoms with van der Waals surface area (Å²) >= 11 is 0. The van der Waals surface area contributed by atoms with Crippen LogP contribution in [0.25, 0.3) is 0 Å². The third-order valence-electron chi connectivity index (χ3n) is 3.97. The molecule has 2 saturated heterocycles. The van der Waals surface area contributed by atoms with Crippen LogP contribution in [0.4, 0.5) is 10.6 Å². The van der Waals surface area contributed by atoms with Crippen LogP contribution in [0.1, 0.15) is 24.5 Å². The zero-order chi connectivity index (χ0) is 15.7. The van der Waals surface area contributed by atoms with Gasteiger partial charge in [-0.2, -0.15) is 0 Å². The number of nitrogens with zero attached hydrogens (tertiary/aromatic N) is 4. The van der Waals surface area contributed by atoms with Crippen molar-refractivity contribution >= 4 is 21.9 Å². The molecule has 3 rings (SSSR count). The van der Waals surface area contributed by atoms with Gasteiger partial charge in [0.1, 0.15) is 6.61 Å². The van der Waals surface area contributed by atoms with Gasteiger partial charge >= 0.3 is 6.09 Å². The molecule has 0 spiro atoms. The lowest BCUT2D eigenvalue weighted by Gasteiger charge is -2.30. The maximum absolute atomic E-state index is 11.7. The molecular formula is C13H18N4O4S. The number of sulfonamides is 1. The number of amides is 1. The van der Waals surface area contributed by atoms with Crippen molar-refractivity contribution in [3.63, 3.8) is 0 Å². The van der Waals surface area contributed by atoms with E-state index < -0.39 is 16.1 Å². The highest BCUT2D eigenvalue weighted by Gasteiger charge is 2.29. The van der Waals surface area contributed by atoms with E-state index in [9.17, 15) is 13.2 Å². The Labute approximate surface area is 129 Å². The Kier molecular flexibility index (Phi) is 4.00. The summed E-state index contributed by atoms with van der Waals surface area (Å²) < 4.78 is 29.7. The van der Waals surface area contributed by atoms with E-state index in [1.807, 2.05) is 0 Å². The fourth-order valence-electron chi connectivity index (χ4n) is 2.77. The largest absolute Gasteiger partial charge is 0.447 e. The molecule has 8 nitrogen and oxygen atoms in total. The molecule has 3 heterocycles. The van der Waals surface area contributed by atoms with Crippen LogP contribution >= 0.6 is 0 Å². The standard InChI is InChI=1S/C13H18N4O4S/c1-22(19,20)16-4-2-3-10(9-16)11-7-15-12(8-14-11)17-5-6-21-13(17)18/h7-8,10H,2-6,9H2,1H3/t10-/m0/s1. The molecule has 0 saturated carbocycles. The Morgan fingerprint density at radius 1 is 1.27 bits per heavy atom. The number of hydrogen-bond donors (Lipinski definition) is 0. The van der Waals surface area contributed by atoms with Crippen molar-refractivity contribution in [1.82, 2.24) is 14.3 Å². The quantitative estimate of drug-likeness (QED) is 0.806. The molecular weight excluding hydrogens is 308 g/mol. The van der Waals surface area contributed by atoms with Gasteiger partial charge in [-0.3, -0.25) is 9.88 Å². The van der Waals surface area contributed by atoms with Crippen LogP contribution in [-0.2, 0) is 14.8 Å². The normalized spacial score (nSPS) is 23.6. The first-order valence-corrected chi connectivity index (χ1v) is 9.01. The molecule has 1 aromatic heterocycles. The average Bonchev–Trinajstić information content (AvgIpc) is 2.93. The summed E-state index contributed by atoms with van der Waals surface area (Å²) in [7, 11) is -3.18. The lowest BCUT2D eigenvalue weighted by atomic mass is 9.96. The second kappa shape index (κ2) is 5.81. The van der Waals surface area contributed by atoms with Gasteiger partial charge in [-0.15, -0.1) is 0 Å². The Morgan fingerprint density at radius 3 is 2.68 bits per heavy atom. The molecule has 2 fully saturated rings. The summed E-state index contributed by atoms with van der Waals surface area (Å²) in [4.78, 5) is 21.5. The molecule has 1 amide bonds. The molecule has 2 aliphatic heterocycles. The number of rotatable bonds is 3. The van der Waals surface area contributed by atoms with Gasteiger partial charge in [0.15, 0.2) is 5.82 Å². The van der Waals surface area contributed by atoms with Gasteiger partial charge < -0.3 is 4.74 Å². The Bertz CT molecular complexity index is 661. The molecule has 1 aromatic rings. The van der Waals surface area contributed by atoms with E-state index in [4.69, 9.17) is 4.74 Å². The Morgan fingerprint density at radius 2 is 2.09 bits per heavy atom. The van der Waals surface area contributed by atoms with Crippen LogP contribution < -0.4 is 4.90 Å². The molecule has 1 atom stereocenters. The molecule has 0 aliphatic carbocycles. The van der Waals surface area contributed by atoms with Gasteiger partial charge in [-0.05, 0) is 12.8 Å². The molecule has 0 aromatic carbocycles. The lowest BCUT2D eigenvalue weighted by Crippen LogP contribution is -2.38. The zero-order valence-electron chi connectivity index (χ0n) is 12.3. The van der Waals surface area contributed by atoms with Crippen molar-refractivity contribution in [2.75, 3.05) is 37.4 Å². The van der Waals surface area contributed by atoms with Crippen LogP contribution in [-0.4, -0.2) is 61.3 Å². The summed E-state index contributed by atoms with van der Waals surface area (Å²) in [5.74, 6) is 0.498. The second-order valence-electron chi connectivity index (χ2n) is 5.53. The van der Waals surface area contributed by atoms with E-state index >= 15 is 0 Å². The predicted octanol–water partition coefficient (Wildman–Crippen LogP) is 0.572. The zero-order valence-corrected chi connectivity index (χ0v) is 13.1. The number of aromatic nitrogens is 2. The van der Waals surface area contributed by atoms with E-state index in [2.05, 4.69) is 9.97 Å². The summed E-state index contributed by atoms with van der Waals surface area (Å²) in [6.45, 7) is 1.81. The fourth-order valence-corrected chi connectivity index (χ4v) is 3.68. The van der Waals surface area contributed by atoms with Crippen molar-refractivity contribution in [2.45, 2.75) is 18.8 Å². The third kappa shape index (κ3) is 3.05. The number of carbonyl (C=O) groups excluding carboxylic acids is 1. The average molecular weight is 326 g/mol. The maximum atomic E-state index is 11.7. The first kappa shape index (κ1) is 15.2. The molecule has 0 unspecified atom stereocenters. The fraction of sp³-hybridized carbons (Fsp3) is 0.615. The Hall–Kier alpha value is -1.74. The number of piperidine rings is 1. The van der Waals surface area contributed by atoms with Crippen LogP contribution in [0.15, 0.2) is 12.4 Å². The van der Waals surface area contributed by atoms with Gasteiger partial charge in [0, 0.05) is 19.0 Å². The van der Waals surface area contributed by atoms with Gasteiger partial charge in [0.25, 0.3) is 0 Å². The van der Waals surface area contributed by atoms with Crippen LogP contribution in [0.5, 0.6) is 0 Å². The first-order chi connectivity index (χ1) is 10.4. The molecule has 9 heteroatoms. The maximum Gasteiger partial charge on any atom is 0.415 e. The Balaban J connectivity index is 1.74. The van der Waals surface area contributed by atoms with Crippen molar-refractivity contribution in [1.29, 1.82) is 0 Å².